The van der Waals surface area contributed by atoms with Crippen molar-refractivity contribution in [2.24, 2.45) is 5.92 Å². The number of anilines is 2. The van der Waals surface area contributed by atoms with Crippen LogP contribution in [0.15, 0.2) is 18.2 Å². The van der Waals surface area contributed by atoms with E-state index in [1.54, 1.807) is 25.1 Å². The minimum Gasteiger partial charge on any atom is -0.462 e. The van der Waals surface area contributed by atoms with E-state index in [2.05, 4.69) is 5.32 Å². The third kappa shape index (κ3) is 3.12. The van der Waals surface area contributed by atoms with Gasteiger partial charge in [-0.05, 0) is 43.9 Å². The van der Waals surface area contributed by atoms with Gasteiger partial charge in [0.05, 0.1) is 23.5 Å². The number of esters is 1. The second-order valence-electron chi connectivity index (χ2n) is 4.35. The minimum absolute atomic E-state index is 0.304. The first-order chi connectivity index (χ1) is 8.20. The largest absolute Gasteiger partial charge is 0.462 e. The molecule has 0 amide bonds. The van der Waals surface area contributed by atoms with Crippen LogP contribution in [0.1, 0.15) is 30.1 Å². The molecule has 3 N–H and O–H groups in total. The van der Waals surface area contributed by atoms with Crippen molar-refractivity contribution in [1.82, 2.24) is 0 Å². The van der Waals surface area contributed by atoms with Gasteiger partial charge in [0.25, 0.3) is 0 Å². The number of ether oxygens (including phenoxy) is 1. The van der Waals surface area contributed by atoms with Crippen molar-refractivity contribution in [3.05, 3.63) is 23.8 Å². The molecule has 1 fully saturated rings. The number of carbonyl (C=O) groups is 1. The Morgan fingerprint density at radius 2 is 2.29 bits per heavy atom. The van der Waals surface area contributed by atoms with E-state index in [9.17, 15) is 4.79 Å². The zero-order chi connectivity index (χ0) is 12.3. The van der Waals surface area contributed by atoms with Crippen LogP contribution in [0.25, 0.3) is 0 Å². The molecular weight excluding hydrogens is 216 g/mol. The predicted octanol–water partition coefficient (Wildman–Crippen LogP) is 2.27. The second-order valence-corrected chi connectivity index (χ2v) is 4.35. The number of nitrogens with one attached hydrogen (secondary N) is 1. The number of carbonyl (C=O) groups excluding carboxylic acids is 1. The molecule has 0 heterocycles. The Labute approximate surface area is 101 Å². The Bertz CT molecular complexity index is 414. The second kappa shape index (κ2) is 5.08. The maximum absolute atomic E-state index is 11.6. The molecule has 1 aliphatic carbocycles. The van der Waals surface area contributed by atoms with Crippen LogP contribution >= 0.6 is 0 Å². The Morgan fingerprint density at radius 3 is 2.94 bits per heavy atom. The Balaban J connectivity index is 2.07. The highest BCUT2D eigenvalue weighted by Crippen LogP contribution is 2.30. The number of hydrogen-bond donors (Lipinski definition) is 2. The molecule has 4 heteroatoms. The van der Waals surface area contributed by atoms with Gasteiger partial charge in [-0.2, -0.15) is 0 Å². The molecule has 0 radical (unpaired) electrons. The summed E-state index contributed by atoms with van der Waals surface area (Å²) in [6.07, 6.45) is 2.56. The van der Waals surface area contributed by atoms with Gasteiger partial charge in [0.2, 0.25) is 0 Å². The van der Waals surface area contributed by atoms with E-state index in [-0.39, 0.29) is 5.97 Å². The van der Waals surface area contributed by atoms with Crippen molar-refractivity contribution in [3.8, 4) is 0 Å². The molecule has 17 heavy (non-hydrogen) atoms. The summed E-state index contributed by atoms with van der Waals surface area (Å²) in [6.45, 7) is 3.10. The zero-order valence-corrected chi connectivity index (χ0v) is 10.0. The number of hydrogen-bond acceptors (Lipinski definition) is 4. The van der Waals surface area contributed by atoms with Crippen LogP contribution in [0.3, 0.4) is 0 Å². The average Bonchev–Trinajstić information content (AvgIpc) is 3.12. The molecule has 1 aromatic carbocycles. The Hall–Kier alpha value is -1.71. The molecule has 0 unspecified atom stereocenters. The first-order valence-electron chi connectivity index (χ1n) is 6.01. The highest BCUT2D eigenvalue weighted by Gasteiger charge is 2.21. The smallest absolute Gasteiger partial charge is 0.338 e. The average molecular weight is 234 g/mol. The van der Waals surface area contributed by atoms with Gasteiger partial charge < -0.3 is 15.8 Å². The third-order valence-electron chi connectivity index (χ3n) is 2.84. The number of benzene rings is 1. The highest BCUT2D eigenvalue weighted by atomic mass is 16.5. The zero-order valence-electron chi connectivity index (χ0n) is 10.0. The van der Waals surface area contributed by atoms with Crippen molar-refractivity contribution >= 4 is 17.3 Å². The van der Waals surface area contributed by atoms with Gasteiger partial charge >= 0.3 is 5.97 Å². The van der Waals surface area contributed by atoms with Crippen molar-refractivity contribution in [2.45, 2.75) is 19.8 Å². The first-order valence-corrected chi connectivity index (χ1v) is 6.01. The van der Waals surface area contributed by atoms with Gasteiger partial charge in [-0.1, -0.05) is 0 Å². The number of rotatable bonds is 5. The summed E-state index contributed by atoms with van der Waals surface area (Å²) < 4.78 is 4.95. The minimum atomic E-state index is -0.304. The standard InChI is InChI=1S/C13H18N2O2/c1-2-17-13(16)10-5-6-11(14)12(7-10)15-8-9-3-4-9/h5-7,9,15H,2-4,8,14H2,1H3. The highest BCUT2D eigenvalue weighted by molar-refractivity contribution is 5.92. The van der Waals surface area contributed by atoms with Gasteiger partial charge in [0.15, 0.2) is 0 Å². The van der Waals surface area contributed by atoms with Crippen molar-refractivity contribution < 1.29 is 9.53 Å². The van der Waals surface area contributed by atoms with Crippen LogP contribution < -0.4 is 11.1 Å². The molecule has 0 saturated heterocycles. The van der Waals surface area contributed by atoms with Crippen molar-refractivity contribution in [1.29, 1.82) is 0 Å². The fraction of sp³-hybridized carbons (Fsp3) is 0.462. The summed E-state index contributed by atoms with van der Waals surface area (Å²) in [5.74, 6) is 0.461. The summed E-state index contributed by atoms with van der Waals surface area (Å²) in [6, 6.07) is 5.19. The maximum atomic E-state index is 11.6. The summed E-state index contributed by atoms with van der Waals surface area (Å²) in [5, 5.41) is 3.28. The van der Waals surface area contributed by atoms with Crippen LogP contribution in [0.2, 0.25) is 0 Å². The van der Waals surface area contributed by atoms with E-state index < -0.39 is 0 Å². The van der Waals surface area contributed by atoms with E-state index >= 15 is 0 Å². The van der Waals surface area contributed by atoms with Crippen molar-refractivity contribution in [2.75, 3.05) is 24.2 Å². The lowest BCUT2D eigenvalue weighted by molar-refractivity contribution is 0.0526. The first kappa shape index (κ1) is 11.8. The van der Waals surface area contributed by atoms with E-state index in [4.69, 9.17) is 10.5 Å². The lowest BCUT2D eigenvalue weighted by Crippen LogP contribution is -2.09. The Kier molecular flexibility index (Phi) is 3.52. The van der Waals surface area contributed by atoms with Gasteiger partial charge in [-0.15, -0.1) is 0 Å². The van der Waals surface area contributed by atoms with E-state index in [0.717, 1.165) is 18.2 Å². The quantitative estimate of drug-likeness (QED) is 0.606. The van der Waals surface area contributed by atoms with Crippen LogP contribution in [-0.2, 0) is 4.74 Å². The SMILES string of the molecule is CCOC(=O)c1ccc(N)c(NCC2CC2)c1. The number of nitrogens with two attached hydrogens (primary N) is 1. The summed E-state index contributed by atoms with van der Waals surface area (Å²) >= 11 is 0. The Morgan fingerprint density at radius 1 is 1.53 bits per heavy atom. The lowest BCUT2D eigenvalue weighted by Gasteiger charge is -2.10. The van der Waals surface area contributed by atoms with Crippen LogP contribution in [0, 0.1) is 5.92 Å². The summed E-state index contributed by atoms with van der Waals surface area (Å²) in [7, 11) is 0. The van der Waals surface area contributed by atoms with Crippen LogP contribution in [0.4, 0.5) is 11.4 Å². The fourth-order valence-electron chi connectivity index (χ4n) is 1.63. The molecule has 2 rings (SSSR count). The molecule has 1 aliphatic rings. The topological polar surface area (TPSA) is 64.3 Å². The summed E-state index contributed by atoms with van der Waals surface area (Å²) in [4.78, 5) is 11.6. The number of nitrogen functional groups attached to an aromatic ring is 1. The molecule has 0 aromatic heterocycles. The van der Waals surface area contributed by atoms with Gasteiger partial charge in [0, 0.05) is 6.54 Å². The molecule has 0 bridgehead atoms. The normalized spacial score (nSPS) is 14.4. The van der Waals surface area contributed by atoms with Crippen molar-refractivity contribution in [3.63, 3.8) is 0 Å². The predicted molar refractivity (Wildman–Crippen MR) is 68.0 cm³/mol. The lowest BCUT2D eigenvalue weighted by atomic mass is 10.1. The molecule has 1 saturated carbocycles. The fourth-order valence-corrected chi connectivity index (χ4v) is 1.63. The summed E-state index contributed by atoms with van der Waals surface area (Å²) in [5.41, 5.74) is 7.88. The van der Waals surface area contributed by atoms with Crippen LogP contribution in [-0.4, -0.2) is 19.1 Å². The molecule has 0 spiro atoms. The monoisotopic (exact) mass is 234 g/mol. The van der Waals surface area contributed by atoms with Gasteiger partial charge in [0.1, 0.15) is 0 Å². The molecule has 92 valence electrons. The van der Waals surface area contributed by atoms with E-state index in [0.29, 0.717) is 17.9 Å². The van der Waals surface area contributed by atoms with Crippen LogP contribution in [0.5, 0.6) is 0 Å². The van der Waals surface area contributed by atoms with E-state index in [1.807, 2.05) is 0 Å². The molecule has 4 nitrogen and oxygen atoms in total. The molecule has 1 aromatic rings. The molecule has 0 aliphatic heterocycles. The van der Waals surface area contributed by atoms with Gasteiger partial charge in [-0.3, -0.25) is 0 Å². The molecular formula is C13H18N2O2. The molecule has 0 atom stereocenters. The third-order valence-corrected chi connectivity index (χ3v) is 2.84. The maximum Gasteiger partial charge on any atom is 0.338 e. The van der Waals surface area contributed by atoms with Gasteiger partial charge in [-0.25, -0.2) is 4.79 Å². The van der Waals surface area contributed by atoms with E-state index in [1.165, 1.54) is 12.8 Å².